The SMILES string of the molecule is O=C(NCC(Cc1ccccc1)NC(=O)c1coc(C2CC2)n1)c1coc(C2CC2)n1. The van der Waals surface area contributed by atoms with Crippen LogP contribution in [-0.4, -0.2) is 34.4 Å². The summed E-state index contributed by atoms with van der Waals surface area (Å²) >= 11 is 0. The first kappa shape index (κ1) is 19.5. The van der Waals surface area contributed by atoms with Crippen LogP contribution in [0.5, 0.6) is 0 Å². The molecule has 0 bridgehead atoms. The minimum absolute atomic E-state index is 0.248. The van der Waals surface area contributed by atoms with E-state index in [-0.39, 0.29) is 35.8 Å². The van der Waals surface area contributed by atoms with Crippen LogP contribution in [-0.2, 0) is 6.42 Å². The molecule has 1 atom stereocenters. The van der Waals surface area contributed by atoms with E-state index >= 15 is 0 Å². The summed E-state index contributed by atoms with van der Waals surface area (Å²) in [5, 5.41) is 5.84. The lowest BCUT2D eigenvalue weighted by molar-refractivity contribution is 0.0903. The topological polar surface area (TPSA) is 110 Å². The van der Waals surface area contributed by atoms with Crippen LogP contribution in [0.25, 0.3) is 0 Å². The summed E-state index contributed by atoms with van der Waals surface area (Å²) in [5.41, 5.74) is 1.58. The van der Waals surface area contributed by atoms with Crippen molar-refractivity contribution in [2.75, 3.05) is 6.54 Å². The van der Waals surface area contributed by atoms with Crippen LogP contribution in [0, 0.1) is 0 Å². The Kier molecular flexibility index (Phi) is 5.28. The monoisotopic (exact) mass is 420 g/mol. The summed E-state index contributed by atoms with van der Waals surface area (Å²) < 4.78 is 10.8. The molecule has 2 heterocycles. The number of amides is 2. The molecule has 5 rings (SSSR count). The molecule has 2 N–H and O–H groups in total. The van der Waals surface area contributed by atoms with Crippen LogP contribution in [0.4, 0.5) is 0 Å². The molecule has 2 aromatic heterocycles. The van der Waals surface area contributed by atoms with E-state index in [1.54, 1.807) is 0 Å². The minimum Gasteiger partial charge on any atom is -0.448 e. The van der Waals surface area contributed by atoms with Crippen LogP contribution in [0.1, 0.15) is 75.8 Å². The molecule has 160 valence electrons. The maximum atomic E-state index is 12.7. The van der Waals surface area contributed by atoms with Crippen molar-refractivity contribution in [2.24, 2.45) is 0 Å². The van der Waals surface area contributed by atoms with E-state index in [1.165, 1.54) is 12.5 Å². The standard InChI is InChI=1S/C23H24N4O4/c28-20(18-12-30-22(26-18)15-6-7-15)24-11-17(10-14-4-2-1-3-5-14)25-21(29)19-13-31-23(27-19)16-8-9-16/h1-5,12-13,15-17H,6-11H2,(H,24,28)(H,25,29). The Bertz CT molecular complexity index is 1070. The summed E-state index contributed by atoms with van der Waals surface area (Å²) in [6, 6.07) is 9.48. The van der Waals surface area contributed by atoms with Crippen LogP contribution in [0.3, 0.4) is 0 Å². The normalized spacial score (nSPS) is 16.6. The maximum absolute atomic E-state index is 12.7. The molecule has 8 nitrogen and oxygen atoms in total. The first-order valence-electron chi connectivity index (χ1n) is 10.7. The van der Waals surface area contributed by atoms with Gasteiger partial charge >= 0.3 is 0 Å². The van der Waals surface area contributed by atoms with Gasteiger partial charge in [-0.3, -0.25) is 9.59 Å². The average Bonchev–Trinajstić information content (AvgIpc) is 3.72. The number of carbonyl (C=O) groups excluding carboxylic acids is 2. The molecular formula is C23H24N4O4. The van der Waals surface area contributed by atoms with Crippen molar-refractivity contribution in [3.63, 3.8) is 0 Å². The van der Waals surface area contributed by atoms with Crippen molar-refractivity contribution in [3.8, 4) is 0 Å². The lowest BCUT2D eigenvalue weighted by Gasteiger charge is -2.19. The summed E-state index contributed by atoms with van der Waals surface area (Å²) in [6.45, 7) is 0.248. The molecule has 2 fully saturated rings. The van der Waals surface area contributed by atoms with Crippen LogP contribution < -0.4 is 10.6 Å². The Balaban J connectivity index is 1.23. The van der Waals surface area contributed by atoms with E-state index in [0.717, 1.165) is 31.2 Å². The quantitative estimate of drug-likeness (QED) is 0.550. The van der Waals surface area contributed by atoms with Crippen molar-refractivity contribution in [1.82, 2.24) is 20.6 Å². The fourth-order valence-electron chi connectivity index (χ4n) is 3.46. The van der Waals surface area contributed by atoms with Gasteiger partial charge < -0.3 is 19.5 Å². The van der Waals surface area contributed by atoms with Gasteiger partial charge in [-0.05, 0) is 37.7 Å². The summed E-state index contributed by atoms with van der Waals surface area (Å²) in [5.74, 6) is 1.29. The highest BCUT2D eigenvalue weighted by molar-refractivity contribution is 5.93. The van der Waals surface area contributed by atoms with Gasteiger partial charge in [0.2, 0.25) is 0 Å². The zero-order chi connectivity index (χ0) is 21.2. The fourth-order valence-corrected chi connectivity index (χ4v) is 3.46. The average molecular weight is 420 g/mol. The third-order valence-electron chi connectivity index (χ3n) is 5.53. The minimum atomic E-state index is -0.324. The number of nitrogens with zero attached hydrogens (tertiary/aromatic N) is 2. The van der Waals surface area contributed by atoms with E-state index < -0.39 is 0 Å². The van der Waals surface area contributed by atoms with Gasteiger partial charge in [-0.1, -0.05) is 30.3 Å². The molecule has 2 aliphatic carbocycles. The second-order valence-electron chi connectivity index (χ2n) is 8.26. The molecule has 0 saturated heterocycles. The molecular weight excluding hydrogens is 396 g/mol. The van der Waals surface area contributed by atoms with Crippen LogP contribution in [0.2, 0.25) is 0 Å². The third kappa shape index (κ3) is 4.84. The van der Waals surface area contributed by atoms with Crippen molar-refractivity contribution in [2.45, 2.75) is 50.0 Å². The van der Waals surface area contributed by atoms with Crippen molar-refractivity contribution in [1.29, 1.82) is 0 Å². The number of oxazole rings is 2. The maximum Gasteiger partial charge on any atom is 0.273 e. The number of aromatic nitrogens is 2. The smallest absolute Gasteiger partial charge is 0.273 e. The lowest BCUT2D eigenvalue weighted by atomic mass is 10.1. The molecule has 2 amide bonds. The predicted molar refractivity (Wildman–Crippen MR) is 111 cm³/mol. The molecule has 0 spiro atoms. The largest absolute Gasteiger partial charge is 0.448 e. The zero-order valence-electron chi connectivity index (χ0n) is 17.0. The number of nitrogens with one attached hydrogen (secondary N) is 2. The number of rotatable bonds is 9. The highest BCUT2D eigenvalue weighted by Crippen LogP contribution is 2.39. The fraction of sp³-hybridized carbons (Fsp3) is 0.391. The number of hydrogen-bond donors (Lipinski definition) is 2. The highest BCUT2D eigenvalue weighted by Gasteiger charge is 2.30. The first-order valence-corrected chi connectivity index (χ1v) is 10.7. The zero-order valence-corrected chi connectivity index (χ0v) is 17.0. The van der Waals surface area contributed by atoms with Crippen molar-refractivity contribution >= 4 is 11.8 Å². The summed E-state index contributed by atoms with van der Waals surface area (Å²) in [7, 11) is 0. The lowest BCUT2D eigenvalue weighted by Crippen LogP contribution is -2.45. The number of benzene rings is 1. The van der Waals surface area contributed by atoms with Gasteiger partial charge in [-0.15, -0.1) is 0 Å². The highest BCUT2D eigenvalue weighted by atomic mass is 16.3. The molecule has 2 aliphatic rings. The van der Waals surface area contributed by atoms with Crippen molar-refractivity contribution in [3.05, 3.63) is 71.6 Å². The summed E-state index contributed by atoms with van der Waals surface area (Å²) in [4.78, 5) is 33.8. The van der Waals surface area contributed by atoms with Crippen LogP contribution in [0.15, 0.2) is 51.7 Å². The Morgan fingerprint density at radius 1 is 0.903 bits per heavy atom. The molecule has 1 unspecified atom stereocenters. The molecule has 31 heavy (non-hydrogen) atoms. The summed E-state index contributed by atoms with van der Waals surface area (Å²) in [6.07, 6.45) is 7.56. The number of hydrogen-bond acceptors (Lipinski definition) is 6. The van der Waals surface area contributed by atoms with Gasteiger partial charge in [0, 0.05) is 18.4 Å². The Labute approximate surface area is 179 Å². The second kappa shape index (κ2) is 8.37. The van der Waals surface area contributed by atoms with E-state index in [0.29, 0.717) is 30.0 Å². The Hall–Kier alpha value is -3.42. The first-order chi connectivity index (χ1) is 15.2. The van der Waals surface area contributed by atoms with Gasteiger partial charge in [-0.25, -0.2) is 9.97 Å². The van der Waals surface area contributed by atoms with Crippen molar-refractivity contribution < 1.29 is 18.4 Å². The molecule has 0 aliphatic heterocycles. The molecule has 8 heteroatoms. The van der Waals surface area contributed by atoms with E-state index in [4.69, 9.17) is 8.83 Å². The van der Waals surface area contributed by atoms with E-state index in [2.05, 4.69) is 20.6 Å². The molecule has 3 aromatic rings. The van der Waals surface area contributed by atoms with E-state index in [9.17, 15) is 9.59 Å². The van der Waals surface area contributed by atoms with Crippen LogP contribution >= 0.6 is 0 Å². The van der Waals surface area contributed by atoms with Gasteiger partial charge in [-0.2, -0.15) is 0 Å². The van der Waals surface area contributed by atoms with Gasteiger partial charge in [0.25, 0.3) is 11.8 Å². The molecule has 1 aromatic carbocycles. The number of carbonyl (C=O) groups is 2. The second-order valence-corrected chi connectivity index (χ2v) is 8.26. The third-order valence-corrected chi connectivity index (χ3v) is 5.53. The Morgan fingerprint density at radius 2 is 1.48 bits per heavy atom. The van der Waals surface area contributed by atoms with Gasteiger partial charge in [0.05, 0.1) is 6.04 Å². The molecule has 2 saturated carbocycles. The van der Waals surface area contributed by atoms with Gasteiger partial charge in [0.15, 0.2) is 23.2 Å². The van der Waals surface area contributed by atoms with Gasteiger partial charge in [0.1, 0.15) is 12.5 Å². The van der Waals surface area contributed by atoms with E-state index in [1.807, 2.05) is 30.3 Å². The predicted octanol–water partition coefficient (Wildman–Crippen LogP) is 3.19. The molecule has 0 radical (unpaired) electrons. The Morgan fingerprint density at radius 3 is 2.06 bits per heavy atom.